The minimum Gasteiger partial charge on any atom is -0.497 e. The van der Waals surface area contributed by atoms with Gasteiger partial charge in [0, 0.05) is 18.5 Å². The molecule has 0 spiro atoms. The highest BCUT2D eigenvalue weighted by atomic mass is 16.5. The Morgan fingerprint density at radius 2 is 1.85 bits per heavy atom. The lowest BCUT2D eigenvalue weighted by molar-refractivity contribution is -0.116. The van der Waals surface area contributed by atoms with Crippen molar-refractivity contribution in [1.29, 1.82) is 0 Å². The van der Waals surface area contributed by atoms with Gasteiger partial charge in [0.15, 0.2) is 5.76 Å². The largest absolute Gasteiger partial charge is 0.497 e. The first-order chi connectivity index (χ1) is 16.5. The Hall–Kier alpha value is -4.07. The van der Waals surface area contributed by atoms with Crippen LogP contribution in [0.15, 0.2) is 71.3 Å². The molecule has 34 heavy (non-hydrogen) atoms. The molecule has 2 aromatic heterocycles. The second kappa shape index (κ2) is 10.7. The van der Waals surface area contributed by atoms with Crippen LogP contribution in [0.3, 0.4) is 0 Å². The molecule has 0 bridgehead atoms. The number of aromatic nitrogens is 3. The molecule has 2 aromatic carbocycles. The Morgan fingerprint density at radius 1 is 1.09 bits per heavy atom. The number of amides is 1. The molecule has 0 fully saturated rings. The molecule has 0 aliphatic carbocycles. The molecule has 0 unspecified atom stereocenters. The van der Waals surface area contributed by atoms with Gasteiger partial charge in [-0.05, 0) is 60.0 Å². The standard InChI is InChI=1S/C26H28N4O4/c1-18(2)17-24(31)27-20-8-10-21(11-9-20)30-25(23-5-4-15-33-23)28-26(29-30)34-16-14-19-6-12-22(32-3)13-7-19/h4-13,15,18H,14,16-17H2,1-3H3,(H,27,31). The number of methoxy groups -OCH3 is 1. The van der Waals surface area contributed by atoms with Gasteiger partial charge in [-0.2, -0.15) is 4.98 Å². The summed E-state index contributed by atoms with van der Waals surface area (Å²) in [5, 5.41) is 7.46. The van der Waals surface area contributed by atoms with Crippen molar-refractivity contribution in [3.63, 3.8) is 0 Å². The smallest absolute Gasteiger partial charge is 0.336 e. The summed E-state index contributed by atoms with van der Waals surface area (Å²) in [7, 11) is 1.65. The van der Waals surface area contributed by atoms with Crippen LogP contribution in [0.4, 0.5) is 5.69 Å². The molecule has 1 amide bonds. The highest BCUT2D eigenvalue weighted by Crippen LogP contribution is 2.25. The first-order valence-corrected chi connectivity index (χ1v) is 11.2. The maximum Gasteiger partial charge on any atom is 0.336 e. The molecular weight excluding hydrogens is 432 g/mol. The molecule has 4 aromatic rings. The SMILES string of the molecule is COc1ccc(CCOc2nc(-c3ccco3)n(-c3ccc(NC(=O)CC(C)C)cc3)n2)cc1. The second-order valence-electron chi connectivity index (χ2n) is 8.25. The minimum atomic E-state index is -0.00710. The van der Waals surface area contributed by atoms with Crippen molar-refractivity contribution in [3.8, 4) is 29.0 Å². The number of ether oxygens (including phenoxy) is 2. The second-order valence-corrected chi connectivity index (χ2v) is 8.25. The molecule has 8 heteroatoms. The fourth-order valence-electron chi connectivity index (χ4n) is 3.42. The Kier molecular flexibility index (Phi) is 7.27. The van der Waals surface area contributed by atoms with Crippen LogP contribution in [-0.4, -0.2) is 34.4 Å². The third-order valence-corrected chi connectivity index (χ3v) is 5.10. The predicted octanol–water partition coefficient (Wildman–Crippen LogP) is 5.14. The molecular formula is C26H28N4O4. The van der Waals surface area contributed by atoms with Gasteiger partial charge in [-0.15, -0.1) is 5.10 Å². The first-order valence-electron chi connectivity index (χ1n) is 11.2. The number of carbonyl (C=O) groups excluding carboxylic acids is 1. The lowest BCUT2D eigenvalue weighted by Crippen LogP contribution is -2.13. The van der Waals surface area contributed by atoms with E-state index in [1.165, 1.54) is 0 Å². The van der Waals surface area contributed by atoms with E-state index in [9.17, 15) is 4.79 Å². The van der Waals surface area contributed by atoms with Gasteiger partial charge in [0.1, 0.15) is 5.75 Å². The van der Waals surface area contributed by atoms with E-state index >= 15 is 0 Å². The third-order valence-electron chi connectivity index (χ3n) is 5.10. The summed E-state index contributed by atoms with van der Waals surface area (Å²) in [6, 6.07) is 19.1. The predicted molar refractivity (Wildman–Crippen MR) is 129 cm³/mol. The van der Waals surface area contributed by atoms with Crippen LogP contribution in [0.1, 0.15) is 25.8 Å². The van der Waals surface area contributed by atoms with Gasteiger partial charge < -0.3 is 19.2 Å². The normalized spacial score (nSPS) is 10.9. The van der Waals surface area contributed by atoms with Gasteiger partial charge in [-0.25, -0.2) is 4.68 Å². The zero-order valence-corrected chi connectivity index (χ0v) is 19.5. The van der Waals surface area contributed by atoms with E-state index < -0.39 is 0 Å². The van der Waals surface area contributed by atoms with Crippen LogP contribution >= 0.6 is 0 Å². The summed E-state index contributed by atoms with van der Waals surface area (Å²) < 4.78 is 18.3. The van der Waals surface area contributed by atoms with Gasteiger partial charge in [-0.3, -0.25) is 4.79 Å². The van der Waals surface area contributed by atoms with Gasteiger partial charge in [-0.1, -0.05) is 26.0 Å². The Balaban J connectivity index is 1.48. The number of hydrogen-bond donors (Lipinski definition) is 1. The molecule has 0 aliphatic rings. The van der Waals surface area contributed by atoms with Crippen molar-refractivity contribution in [2.24, 2.45) is 5.92 Å². The van der Waals surface area contributed by atoms with Crippen LogP contribution in [-0.2, 0) is 11.2 Å². The lowest BCUT2D eigenvalue weighted by atomic mass is 10.1. The van der Waals surface area contributed by atoms with E-state index in [0.29, 0.717) is 37.0 Å². The maximum absolute atomic E-state index is 12.1. The number of anilines is 1. The zero-order valence-electron chi connectivity index (χ0n) is 19.5. The van der Waals surface area contributed by atoms with E-state index in [2.05, 4.69) is 15.4 Å². The van der Waals surface area contributed by atoms with Crippen LogP contribution in [0.2, 0.25) is 0 Å². The van der Waals surface area contributed by atoms with Crippen molar-refractivity contribution in [1.82, 2.24) is 14.8 Å². The average Bonchev–Trinajstić information content (AvgIpc) is 3.50. The summed E-state index contributed by atoms with van der Waals surface area (Å²) in [5.74, 6) is 2.22. The summed E-state index contributed by atoms with van der Waals surface area (Å²) in [6.45, 7) is 4.45. The molecule has 1 N–H and O–H groups in total. The molecule has 0 atom stereocenters. The van der Waals surface area contributed by atoms with Crippen molar-refractivity contribution in [2.75, 3.05) is 19.0 Å². The van der Waals surface area contributed by atoms with E-state index in [4.69, 9.17) is 13.9 Å². The van der Waals surface area contributed by atoms with E-state index in [0.717, 1.165) is 22.7 Å². The Labute approximate surface area is 198 Å². The van der Waals surface area contributed by atoms with Crippen molar-refractivity contribution >= 4 is 11.6 Å². The quantitative estimate of drug-likeness (QED) is 0.352. The topological polar surface area (TPSA) is 91.4 Å². The summed E-state index contributed by atoms with van der Waals surface area (Å²) >= 11 is 0. The number of hydrogen-bond acceptors (Lipinski definition) is 6. The molecule has 0 radical (unpaired) electrons. The summed E-state index contributed by atoms with van der Waals surface area (Å²) in [5.41, 5.74) is 2.62. The highest BCUT2D eigenvalue weighted by Gasteiger charge is 2.17. The van der Waals surface area contributed by atoms with Gasteiger partial charge in [0.05, 0.1) is 25.7 Å². The summed E-state index contributed by atoms with van der Waals surface area (Å²) in [6.07, 6.45) is 2.77. The first kappa shape index (κ1) is 23.1. The molecule has 0 saturated heterocycles. The van der Waals surface area contributed by atoms with E-state index in [-0.39, 0.29) is 11.9 Å². The third kappa shape index (κ3) is 5.83. The van der Waals surface area contributed by atoms with Gasteiger partial charge in [0.2, 0.25) is 11.7 Å². The fourth-order valence-corrected chi connectivity index (χ4v) is 3.42. The molecule has 176 valence electrons. The van der Waals surface area contributed by atoms with E-state index in [1.807, 2.05) is 68.4 Å². The Morgan fingerprint density at radius 3 is 2.50 bits per heavy atom. The highest BCUT2D eigenvalue weighted by molar-refractivity contribution is 5.90. The van der Waals surface area contributed by atoms with Crippen molar-refractivity contribution in [2.45, 2.75) is 26.7 Å². The van der Waals surface area contributed by atoms with Gasteiger partial charge >= 0.3 is 6.01 Å². The van der Waals surface area contributed by atoms with E-state index in [1.54, 1.807) is 24.1 Å². The number of nitrogens with zero attached hydrogens (tertiary/aromatic N) is 3. The fraction of sp³-hybridized carbons (Fsp3) is 0.269. The van der Waals surface area contributed by atoms with Crippen LogP contribution in [0.25, 0.3) is 17.3 Å². The average molecular weight is 461 g/mol. The van der Waals surface area contributed by atoms with Crippen LogP contribution in [0.5, 0.6) is 11.8 Å². The maximum atomic E-state index is 12.1. The number of carbonyl (C=O) groups is 1. The molecule has 2 heterocycles. The molecule has 8 nitrogen and oxygen atoms in total. The summed E-state index contributed by atoms with van der Waals surface area (Å²) in [4.78, 5) is 16.6. The molecule has 0 aliphatic heterocycles. The van der Waals surface area contributed by atoms with Crippen LogP contribution in [0, 0.1) is 5.92 Å². The lowest BCUT2D eigenvalue weighted by Gasteiger charge is -2.09. The molecule has 4 rings (SSSR count). The number of rotatable bonds is 10. The van der Waals surface area contributed by atoms with Gasteiger partial charge in [0.25, 0.3) is 0 Å². The van der Waals surface area contributed by atoms with Crippen molar-refractivity contribution < 1.29 is 18.7 Å². The van der Waals surface area contributed by atoms with Crippen LogP contribution < -0.4 is 14.8 Å². The minimum absolute atomic E-state index is 0.00710. The number of nitrogens with one attached hydrogen (secondary N) is 1. The number of furan rings is 1. The number of benzene rings is 2. The molecule has 0 saturated carbocycles. The zero-order chi connectivity index (χ0) is 23.9. The van der Waals surface area contributed by atoms with Crippen molar-refractivity contribution in [3.05, 3.63) is 72.5 Å². The monoisotopic (exact) mass is 460 g/mol. The Bertz CT molecular complexity index is 1200.